The lowest BCUT2D eigenvalue weighted by atomic mass is 10.1. The van der Waals surface area contributed by atoms with Crippen molar-refractivity contribution >= 4 is 33.7 Å². The third-order valence-corrected chi connectivity index (χ3v) is 7.66. The molecule has 0 saturated carbocycles. The van der Waals surface area contributed by atoms with Crippen LogP contribution < -0.4 is 10.2 Å². The van der Waals surface area contributed by atoms with Gasteiger partial charge in [-0.3, -0.25) is 9.69 Å². The highest BCUT2D eigenvalue weighted by Gasteiger charge is 2.32. The van der Waals surface area contributed by atoms with E-state index in [2.05, 4.69) is 4.90 Å². The molecule has 182 valence electrons. The van der Waals surface area contributed by atoms with E-state index in [1.807, 2.05) is 0 Å². The van der Waals surface area contributed by atoms with Gasteiger partial charge in [-0.15, -0.1) is 0 Å². The molecule has 0 amide bonds. The fourth-order valence-electron chi connectivity index (χ4n) is 4.05. The molecule has 2 heterocycles. The molecule has 0 unspecified atom stereocenters. The molecule has 10 heteroatoms. The van der Waals surface area contributed by atoms with Crippen LogP contribution in [0.2, 0.25) is 5.02 Å². The second-order valence-electron chi connectivity index (χ2n) is 8.19. The Balaban J connectivity index is 1.60. The number of halogens is 4. The molecule has 34 heavy (non-hydrogen) atoms. The van der Waals surface area contributed by atoms with E-state index in [-0.39, 0.29) is 50.4 Å². The summed E-state index contributed by atoms with van der Waals surface area (Å²) < 4.78 is 63.4. The van der Waals surface area contributed by atoms with E-state index < -0.39 is 22.9 Å². The first-order valence-corrected chi connectivity index (χ1v) is 12.7. The lowest BCUT2D eigenvalue weighted by Gasteiger charge is -2.31. The molecule has 1 atom stereocenters. The molecule has 2 aromatic carbocycles. The number of piperidine rings is 1. The van der Waals surface area contributed by atoms with Crippen molar-refractivity contribution in [2.75, 3.05) is 32.5 Å². The Hall–Kier alpha value is -2.20. The van der Waals surface area contributed by atoms with Crippen molar-refractivity contribution in [2.45, 2.75) is 24.3 Å². The minimum absolute atomic E-state index is 0.0334. The van der Waals surface area contributed by atoms with Crippen LogP contribution in [-0.4, -0.2) is 47.2 Å². The number of hydrogen-bond acceptors (Lipinski definition) is 5. The molecule has 1 aliphatic heterocycles. The van der Waals surface area contributed by atoms with Crippen molar-refractivity contribution in [3.05, 3.63) is 63.3 Å². The van der Waals surface area contributed by atoms with Crippen molar-refractivity contribution in [3.63, 3.8) is 0 Å². The average Bonchev–Trinajstić information content (AvgIpc) is 2.79. The predicted molar refractivity (Wildman–Crippen MR) is 127 cm³/mol. The van der Waals surface area contributed by atoms with Gasteiger partial charge in [-0.1, -0.05) is 28.8 Å². The van der Waals surface area contributed by atoms with Crippen molar-refractivity contribution in [1.82, 2.24) is 4.90 Å². The monoisotopic (exact) mass is 513 g/mol. The fraction of sp³-hybridized carbons (Fsp3) is 0.375. The van der Waals surface area contributed by atoms with Gasteiger partial charge in [0.15, 0.2) is 11.0 Å². The average molecular weight is 514 g/mol. The van der Waals surface area contributed by atoms with E-state index in [1.165, 1.54) is 12.1 Å². The molecule has 0 bridgehead atoms. The molecule has 3 aromatic rings. The summed E-state index contributed by atoms with van der Waals surface area (Å²) in [6.07, 6.45) is -1.24. The van der Waals surface area contributed by atoms with Gasteiger partial charge in [0.25, 0.3) is 0 Å². The van der Waals surface area contributed by atoms with Crippen LogP contribution in [0.3, 0.4) is 0 Å². The summed E-state index contributed by atoms with van der Waals surface area (Å²) in [5, 5.41) is 0.680. The van der Waals surface area contributed by atoms with Crippen molar-refractivity contribution in [3.8, 4) is 17.1 Å². The number of nitrogens with zero attached hydrogens (tertiary/aromatic N) is 1. The highest BCUT2D eigenvalue weighted by molar-refractivity contribution is 7.91. The van der Waals surface area contributed by atoms with Gasteiger partial charge < -0.3 is 13.7 Å². The standard InChI is InChI=1S/C24H23ClF3NO4S/c1-34(31)16-7-9-29(10-8-16)11-12-32-21-13-15(24(26,27)28)5-6-18(21)22-14-20(30)17-3-2-4-19(25)23(17)33-22/h2-6,13-14,16H,7-12H2,1H3/t34-/m0/s1. The van der Waals surface area contributed by atoms with Gasteiger partial charge in [0.05, 0.1) is 27.8 Å². The fourth-order valence-corrected chi connectivity index (χ4v) is 5.13. The number of para-hydroxylation sites is 1. The van der Waals surface area contributed by atoms with Gasteiger partial charge in [0.1, 0.15) is 23.4 Å². The smallest absolute Gasteiger partial charge is 0.416 e. The van der Waals surface area contributed by atoms with E-state index >= 15 is 0 Å². The summed E-state index contributed by atoms with van der Waals surface area (Å²) in [5.74, 6) is 0.0366. The van der Waals surface area contributed by atoms with Crippen LogP contribution in [0.1, 0.15) is 18.4 Å². The first kappa shape index (κ1) is 24.9. The topological polar surface area (TPSA) is 65.7 Å². The number of ether oxygens (including phenoxy) is 1. The maximum Gasteiger partial charge on any atom is 0.416 e. The number of alkyl halides is 3. The van der Waals surface area contributed by atoms with Gasteiger partial charge in [0.2, 0.25) is 0 Å². The summed E-state index contributed by atoms with van der Waals surface area (Å²) in [6.45, 7) is 2.15. The summed E-state index contributed by atoms with van der Waals surface area (Å²) in [6, 6.07) is 9.06. The SMILES string of the molecule is C[S@+]([O-])C1CCN(CCOc2cc(C(F)(F)F)ccc2-c2cc(=O)c3cccc(Cl)c3o2)CC1. The summed E-state index contributed by atoms with van der Waals surface area (Å²) in [7, 11) is 0. The number of fused-ring (bicyclic) bond motifs is 1. The molecule has 0 aliphatic carbocycles. The first-order valence-electron chi connectivity index (χ1n) is 10.7. The highest BCUT2D eigenvalue weighted by atomic mass is 35.5. The van der Waals surface area contributed by atoms with Gasteiger partial charge in [-0.25, -0.2) is 0 Å². The Labute approximate surface area is 202 Å². The van der Waals surface area contributed by atoms with Crippen LogP contribution in [0.4, 0.5) is 13.2 Å². The summed E-state index contributed by atoms with van der Waals surface area (Å²) in [4.78, 5) is 14.7. The molecule has 0 N–H and O–H groups in total. The highest BCUT2D eigenvalue weighted by Crippen LogP contribution is 2.38. The number of hydrogen-bond donors (Lipinski definition) is 0. The second-order valence-corrected chi connectivity index (χ2v) is 10.3. The minimum Gasteiger partial charge on any atom is -0.616 e. The molecular weight excluding hydrogens is 491 g/mol. The third-order valence-electron chi connectivity index (χ3n) is 5.95. The molecular formula is C24H23ClF3NO4S. The Kier molecular flexibility index (Phi) is 7.47. The zero-order valence-corrected chi connectivity index (χ0v) is 19.9. The van der Waals surface area contributed by atoms with Crippen molar-refractivity contribution in [1.29, 1.82) is 0 Å². The normalized spacial score (nSPS) is 16.6. The zero-order chi connectivity index (χ0) is 24.5. The Morgan fingerprint density at radius 3 is 2.62 bits per heavy atom. The molecule has 1 fully saturated rings. The number of likely N-dealkylation sites (tertiary alicyclic amines) is 1. The molecule has 1 saturated heterocycles. The van der Waals surface area contributed by atoms with Crippen LogP contribution in [0.25, 0.3) is 22.3 Å². The molecule has 1 aromatic heterocycles. The van der Waals surface area contributed by atoms with Crippen LogP contribution in [-0.2, 0) is 17.4 Å². The largest absolute Gasteiger partial charge is 0.616 e. The zero-order valence-electron chi connectivity index (χ0n) is 18.4. The Morgan fingerprint density at radius 1 is 1.21 bits per heavy atom. The van der Waals surface area contributed by atoms with Crippen LogP contribution >= 0.6 is 11.6 Å². The molecule has 5 nitrogen and oxygen atoms in total. The summed E-state index contributed by atoms with van der Waals surface area (Å²) >= 11 is 5.31. The summed E-state index contributed by atoms with van der Waals surface area (Å²) in [5.41, 5.74) is -0.833. The van der Waals surface area contributed by atoms with E-state index in [1.54, 1.807) is 24.5 Å². The van der Waals surface area contributed by atoms with E-state index in [0.717, 1.165) is 38.1 Å². The Morgan fingerprint density at radius 2 is 1.94 bits per heavy atom. The van der Waals surface area contributed by atoms with E-state index in [9.17, 15) is 22.5 Å². The predicted octanol–water partition coefficient (Wildman–Crippen LogP) is 5.35. The van der Waals surface area contributed by atoms with Crippen molar-refractivity contribution in [2.24, 2.45) is 0 Å². The van der Waals surface area contributed by atoms with Crippen molar-refractivity contribution < 1.29 is 26.9 Å². The quantitative estimate of drug-likeness (QED) is 0.415. The van der Waals surface area contributed by atoms with Gasteiger partial charge in [-0.2, -0.15) is 13.2 Å². The lowest BCUT2D eigenvalue weighted by Crippen LogP contribution is -2.40. The van der Waals surface area contributed by atoms with Crippen LogP contribution in [0.5, 0.6) is 5.75 Å². The minimum atomic E-state index is -4.55. The molecule has 4 rings (SSSR count). The van der Waals surface area contributed by atoms with Gasteiger partial charge in [0, 0.05) is 38.5 Å². The van der Waals surface area contributed by atoms with Gasteiger partial charge >= 0.3 is 6.18 Å². The molecule has 0 radical (unpaired) electrons. The number of rotatable bonds is 6. The molecule has 1 aliphatic rings. The van der Waals surface area contributed by atoms with E-state index in [0.29, 0.717) is 6.54 Å². The first-order chi connectivity index (χ1) is 16.1. The second kappa shape index (κ2) is 10.2. The van der Waals surface area contributed by atoms with E-state index in [4.69, 9.17) is 20.8 Å². The maximum atomic E-state index is 13.4. The third kappa shape index (κ3) is 5.54. The lowest BCUT2D eigenvalue weighted by molar-refractivity contribution is -0.137. The van der Waals surface area contributed by atoms with Crippen LogP contribution in [0.15, 0.2) is 51.7 Å². The van der Waals surface area contributed by atoms with Crippen LogP contribution in [0, 0.1) is 0 Å². The maximum absolute atomic E-state index is 13.4. The molecule has 0 spiro atoms. The number of benzene rings is 2. The van der Waals surface area contributed by atoms with Gasteiger partial charge in [-0.05, 0) is 30.3 Å². The Bertz CT molecular complexity index is 1220.